The summed E-state index contributed by atoms with van der Waals surface area (Å²) >= 11 is -2.45. The minimum absolute atomic E-state index is 0.474. The van der Waals surface area contributed by atoms with Crippen molar-refractivity contribution in [2.45, 2.75) is 6.04 Å². The van der Waals surface area contributed by atoms with Gasteiger partial charge in [0.1, 0.15) is 6.04 Å². The number of carboxylic acids is 1. The molecule has 0 spiro atoms. The van der Waals surface area contributed by atoms with Gasteiger partial charge in [-0.25, -0.2) is 0 Å². The monoisotopic (exact) mass is 169 g/mol. The number of aliphatic carboxylic acids is 1. The molecule has 0 heterocycles. The first-order chi connectivity index (χ1) is 4.54. The molecule has 0 bridgehead atoms. The third-order valence-electron chi connectivity index (χ3n) is 0.666. The minimum Gasteiger partial charge on any atom is -0.480 e. The molecule has 0 aromatic rings. The van der Waals surface area contributed by atoms with Gasteiger partial charge < -0.3 is 10.8 Å². The van der Waals surface area contributed by atoms with E-state index in [1.165, 1.54) is 0 Å². The largest absolute Gasteiger partial charge is 0.480 e. The Kier molecular flexibility index (Phi) is 4.12. The Balaban J connectivity index is 3.49. The Labute approximate surface area is 59.5 Å². The minimum atomic E-state index is -2.45. The molecule has 0 rings (SSSR count). The van der Waals surface area contributed by atoms with E-state index >= 15 is 0 Å². The molecule has 0 saturated heterocycles. The highest BCUT2D eigenvalue weighted by atomic mass is 32.2. The fourth-order valence-electron chi connectivity index (χ4n) is 0.203. The molecular weight excluding hydrogens is 162 g/mol. The van der Waals surface area contributed by atoms with Crippen LogP contribution in [0, 0.1) is 0 Å². The van der Waals surface area contributed by atoms with Crippen molar-refractivity contribution in [3.8, 4) is 0 Å². The topological polar surface area (TPSA) is 110 Å². The second-order valence-corrected chi connectivity index (χ2v) is 2.12. The molecule has 2 atom stereocenters. The van der Waals surface area contributed by atoms with E-state index < -0.39 is 30.0 Å². The van der Waals surface area contributed by atoms with Crippen LogP contribution in [0.2, 0.25) is 0 Å². The number of nitrogens with two attached hydrogens (primary N) is 1. The van der Waals surface area contributed by atoms with Crippen LogP contribution in [0.15, 0.2) is 0 Å². The lowest BCUT2D eigenvalue weighted by Gasteiger charge is -2.02. The average molecular weight is 169 g/mol. The summed E-state index contributed by atoms with van der Waals surface area (Å²) in [6.07, 6.45) is 0. The third-order valence-corrected chi connectivity index (χ3v) is 1.00. The number of hydrogen-bond acceptors (Lipinski definition) is 4. The van der Waals surface area contributed by atoms with Gasteiger partial charge in [-0.15, -0.1) is 0 Å². The molecule has 0 aromatic carbocycles. The highest BCUT2D eigenvalue weighted by Gasteiger charge is 2.12. The third kappa shape index (κ3) is 4.39. The molecule has 60 valence electrons. The standard InChI is InChI=1S/C3H7NO5S/c4-2(3(5)6)1-9-10(7)8/h2H,1,4H2,(H,5,6)(H,7,8)/t2-/m0/s1. The first-order valence-corrected chi connectivity index (χ1v) is 3.29. The lowest BCUT2D eigenvalue weighted by atomic mass is 10.3. The molecule has 0 amide bonds. The van der Waals surface area contributed by atoms with Crippen LogP contribution in [-0.4, -0.2) is 32.5 Å². The van der Waals surface area contributed by atoms with Gasteiger partial charge in [0.15, 0.2) is 0 Å². The van der Waals surface area contributed by atoms with E-state index in [1.807, 2.05) is 0 Å². The highest BCUT2D eigenvalue weighted by molar-refractivity contribution is 7.74. The van der Waals surface area contributed by atoms with Crippen molar-refractivity contribution in [3.63, 3.8) is 0 Å². The van der Waals surface area contributed by atoms with E-state index in [4.69, 9.17) is 15.4 Å². The van der Waals surface area contributed by atoms with Crippen molar-refractivity contribution in [1.82, 2.24) is 0 Å². The number of carboxylic acid groups (broad SMARTS) is 1. The fraction of sp³-hybridized carbons (Fsp3) is 0.667. The van der Waals surface area contributed by atoms with E-state index in [0.717, 1.165) is 0 Å². The van der Waals surface area contributed by atoms with Gasteiger partial charge in [0.25, 0.3) is 0 Å². The van der Waals surface area contributed by atoms with Crippen LogP contribution in [-0.2, 0) is 20.3 Å². The molecule has 0 radical (unpaired) electrons. The second kappa shape index (κ2) is 4.34. The molecule has 10 heavy (non-hydrogen) atoms. The van der Waals surface area contributed by atoms with Crippen molar-refractivity contribution in [3.05, 3.63) is 0 Å². The zero-order valence-corrected chi connectivity index (χ0v) is 5.71. The Morgan fingerprint density at radius 3 is 2.60 bits per heavy atom. The molecule has 4 N–H and O–H groups in total. The Hall–Kier alpha value is -0.500. The summed E-state index contributed by atoms with van der Waals surface area (Å²) in [5.74, 6) is -1.27. The van der Waals surface area contributed by atoms with Crippen LogP contribution < -0.4 is 5.73 Å². The van der Waals surface area contributed by atoms with Crippen LogP contribution in [0.5, 0.6) is 0 Å². The van der Waals surface area contributed by atoms with Crippen molar-refractivity contribution in [2.75, 3.05) is 6.61 Å². The predicted octanol–water partition coefficient (Wildman–Crippen LogP) is -1.45. The van der Waals surface area contributed by atoms with Gasteiger partial charge in [0.2, 0.25) is 0 Å². The molecule has 0 fully saturated rings. The quantitative estimate of drug-likeness (QED) is 0.444. The summed E-state index contributed by atoms with van der Waals surface area (Å²) in [4.78, 5) is 9.93. The first kappa shape index (κ1) is 9.50. The highest BCUT2D eigenvalue weighted by Crippen LogP contribution is 1.83. The zero-order valence-electron chi connectivity index (χ0n) is 4.89. The van der Waals surface area contributed by atoms with Gasteiger partial charge >= 0.3 is 17.3 Å². The van der Waals surface area contributed by atoms with E-state index in [-0.39, 0.29) is 0 Å². The molecule has 0 aliphatic heterocycles. The number of carbonyl (C=O) groups is 1. The van der Waals surface area contributed by atoms with Crippen molar-refractivity contribution in [2.24, 2.45) is 5.73 Å². The van der Waals surface area contributed by atoms with E-state index in [0.29, 0.717) is 0 Å². The molecule has 0 aromatic heterocycles. The Bertz CT molecular complexity index is 148. The van der Waals surface area contributed by atoms with Gasteiger partial charge in [-0.1, -0.05) is 0 Å². The molecule has 0 saturated carbocycles. The van der Waals surface area contributed by atoms with Crippen molar-refractivity contribution >= 4 is 17.3 Å². The average Bonchev–Trinajstić information content (AvgIpc) is 1.82. The van der Waals surface area contributed by atoms with Gasteiger partial charge in [-0.2, -0.15) is 4.21 Å². The van der Waals surface area contributed by atoms with Gasteiger partial charge in [-0.05, 0) is 0 Å². The summed E-state index contributed by atoms with van der Waals surface area (Å²) < 4.78 is 21.7. The van der Waals surface area contributed by atoms with Crippen LogP contribution in [0.4, 0.5) is 0 Å². The molecular formula is C3H7NO5S. The summed E-state index contributed by atoms with van der Waals surface area (Å²) in [5, 5.41) is 8.11. The predicted molar refractivity (Wildman–Crippen MR) is 32.3 cm³/mol. The Morgan fingerprint density at radius 2 is 2.30 bits per heavy atom. The van der Waals surface area contributed by atoms with Crippen molar-refractivity contribution < 1.29 is 22.8 Å². The summed E-state index contributed by atoms with van der Waals surface area (Å²) in [5.41, 5.74) is 4.89. The molecule has 0 aliphatic carbocycles. The lowest BCUT2D eigenvalue weighted by Crippen LogP contribution is -2.35. The maximum absolute atomic E-state index is 9.93. The van der Waals surface area contributed by atoms with Crippen LogP contribution in [0.1, 0.15) is 0 Å². The number of hydrogen-bond donors (Lipinski definition) is 3. The first-order valence-electron chi connectivity index (χ1n) is 2.26. The smallest absolute Gasteiger partial charge is 0.322 e. The maximum atomic E-state index is 9.93. The van der Waals surface area contributed by atoms with E-state index in [2.05, 4.69) is 4.18 Å². The number of rotatable bonds is 4. The van der Waals surface area contributed by atoms with Gasteiger partial charge in [0, 0.05) is 0 Å². The SMILES string of the molecule is N[C@@H](COS(=O)O)C(=O)O. The zero-order chi connectivity index (χ0) is 8.15. The molecule has 6 nitrogen and oxygen atoms in total. The van der Waals surface area contributed by atoms with Gasteiger partial charge in [-0.3, -0.25) is 13.5 Å². The molecule has 0 aliphatic rings. The van der Waals surface area contributed by atoms with Gasteiger partial charge in [0.05, 0.1) is 6.61 Å². The summed E-state index contributed by atoms with van der Waals surface area (Å²) in [6, 6.07) is -1.25. The Morgan fingerprint density at radius 1 is 1.80 bits per heavy atom. The van der Waals surface area contributed by atoms with Crippen LogP contribution >= 0.6 is 0 Å². The van der Waals surface area contributed by atoms with E-state index in [9.17, 15) is 9.00 Å². The van der Waals surface area contributed by atoms with E-state index in [1.54, 1.807) is 0 Å². The summed E-state index contributed by atoms with van der Waals surface area (Å²) in [6.45, 7) is -0.474. The normalized spacial score (nSPS) is 16.2. The van der Waals surface area contributed by atoms with Crippen LogP contribution in [0.25, 0.3) is 0 Å². The molecule has 1 unspecified atom stereocenters. The lowest BCUT2D eigenvalue weighted by molar-refractivity contribution is -0.139. The second-order valence-electron chi connectivity index (χ2n) is 1.45. The van der Waals surface area contributed by atoms with Crippen LogP contribution in [0.3, 0.4) is 0 Å². The summed E-state index contributed by atoms with van der Waals surface area (Å²) in [7, 11) is 0. The fourth-order valence-corrected chi connectivity index (χ4v) is 0.466. The van der Waals surface area contributed by atoms with Crippen molar-refractivity contribution in [1.29, 1.82) is 0 Å². The molecule has 7 heteroatoms. The maximum Gasteiger partial charge on any atom is 0.322 e.